The highest BCUT2D eigenvalue weighted by molar-refractivity contribution is 5.60. The number of fused-ring (bicyclic) bond motifs is 1. The molecule has 0 radical (unpaired) electrons. The van der Waals surface area contributed by atoms with E-state index in [4.69, 9.17) is 15.2 Å². The quantitative estimate of drug-likeness (QED) is 0.819. The second kappa shape index (κ2) is 3.87. The number of ether oxygens (including phenoxy) is 2. The number of hydrogen-bond acceptors (Lipinski definition) is 4. The third-order valence-electron chi connectivity index (χ3n) is 2.45. The van der Waals surface area contributed by atoms with Crippen LogP contribution < -0.4 is 20.5 Å². The number of rotatable bonds is 3. The number of benzene rings is 1. The van der Waals surface area contributed by atoms with E-state index >= 15 is 0 Å². The fourth-order valence-corrected chi connectivity index (χ4v) is 1.56. The van der Waals surface area contributed by atoms with Crippen molar-refractivity contribution in [3.8, 4) is 11.5 Å². The first-order valence-corrected chi connectivity index (χ1v) is 5.39. The van der Waals surface area contributed by atoms with Crippen molar-refractivity contribution >= 4 is 5.69 Å². The largest absolute Gasteiger partial charge is 0.454 e. The molecule has 0 bridgehead atoms. The van der Waals surface area contributed by atoms with Crippen molar-refractivity contribution in [2.24, 2.45) is 5.73 Å². The Morgan fingerprint density at radius 2 is 1.94 bits per heavy atom. The summed E-state index contributed by atoms with van der Waals surface area (Å²) in [6.07, 6.45) is 0. The maximum Gasteiger partial charge on any atom is 0.231 e. The second-order valence-corrected chi connectivity index (χ2v) is 4.86. The van der Waals surface area contributed by atoms with Gasteiger partial charge in [-0.25, -0.2) is 0 Å². The lowest BCUT2D eigenvalue weighted by molar-refractivity contribution is 0.174. The van der Waals surface area contributed by atoms with Gasteiger partial charge in [0, 0.05) is 23.8 Å². The van der Waals surface area contributed by atoms with Crippen LogP contribution in [0.3, 0.4) is 0 Å². The Kier molecular flexibility index (Phi) is 2.68. The van der Waals surface area contributed by atoms with Crippen molar-refractivity contribution < 1.29 is 9.47 Å². The Morgan fingerprint density at radius 3 is 2.56 bits per heavy atom. The fraction of sp³-hybridized carbons (Fsp3) is 0.500. The van der Waals surface area contributed by atoms with Crippen LogP contribution >= 0.6 is 0 Å². The van der Waals surface area contributed by atoms with Crippen LogP contribution in [0.4, 0.5) is 5.69 Å². The van der Waals surface area contributed by atoms with E-state index in [1.807, 2.05) is 32.9 Å². The predicted molar refractivity (Wildman–Crippen MR) is 64.1 cm³/mol. The predicted octanol–water partition coefficient (Wildman–Crippen LogP) is 1.87. The lowest BCUT2D eigenvalue weighted by Crippen LogP contribution is -2.39. The first-order chi connectivity index (χ1) is 7.46. The molecule has 0 spiro atoms. The van der Waals surface area contributed by atoms with Crippen molar-refractivity contribution in [2.45, 2.75) is 26.3 Å². The molecule has 0 saturated carbocycles. The molecule has 0 unspecified atom stereocenters. The number of hydrogen-bond donors (Lipinski definition) is 2. The minimum Gasteiger partial charge on any atom is -0.454 e. The molecule has 2 rings (SSSR count). The average Bonchev–Trinajstić information content (AvgIpc) is 2.59. The molecular formula is C12H18N2O2. The van der Waals surface area contributed by atoms with Crippen molar-refractivity contribution in [2.75, 3.05) is 18.7 Å². The molecule has 0 saturated heterocycles. The van der Waals surface area contributed by atoms with E-state index in [0.717, 1.165) is 22.7 Å². The molecule has 1 aliphatic heterocycles. The van der Waals surface area contributed by atoms with Gasteiger partial charge in [0.2, 0.25) is 6.79 Å². The molecule has 16 heavy (non-hydrogen) atoms. The molecule has 1 heterocycles. The highest BCUT2D eigenvalue weighted by atomic mass is 16.7. The minimum atomic E-state index is -0.233. The van der Waals surface area contributed by atoms with Gasteiger partial charge in [-0.15, -0.1) is 0 Å². The minimum absolute atomic E-state index is 0.233. The third kappa shape index (κ3) is 2.39. The van der Waals surface area contributed by atoms with Gasteiger partial charge in [0.15, 0.2) is 11.5 Å². The van der Waals surface area contributed by atoms with Crippen LogP contribution in [0, 0.1) is 6.92 Å². The zero-order valence-corrected chi connectivity index (χ0v) is 9.96. The Labute approximate surface area is 95.7 Å². The van der Waals surface area contributed by atoms with Gasteiger partial charge < -0.3 is 20.5 Å². The molecule has 0 aliphatic carbocycles. The standard InChI is InChI=1S/C12H18N2O2/c1-8-4-10-11(16-7-15-10)5-9(8)14-6-12(2,3)13/h4-5,14H,6-7,13H2,1-3H3. The van der Waals surface area contributed by atoms with E-state index in [1.165, 1.54) is 0 Å². The number of nitrogens with one attached hydrogen (secondary N) is 1. The van der Waals surface area contributed by atoms with Crippen molar-refractivity contribution in [1.82, 2.24) is 0 Å². The smallest absolute Gasteiger partial charge is 0.231 e. The fourth-order valence-electron chi connectivity index (χ4n) is 1.56. The highest BCUT2D eigenvalue weighted by Gasteiger charge is 2.17. The number of aryl methyl sites for hydroxylation is 1. The summed E-state index contributed by atoms with van der Waals surface area (Å²) in [7, 11) is 0. The molecule has 0 fully saturated rings. The van der Waals surface area contributed by atoms with E-state index in [9.17, 15) is 0 Å². The molecule has 4 heteroatoms. The van der Waals surface area contributed by atoms with Crippen LogP contribution in [0.25, 0.3) is 0 Å². The maximum absolute atomic E-state index is 5.93. The van der Waals surface area contributed by atoms with Crippen LogP contribution in [0.5, 0.6) is 11.5 Å². The molecule has 3 N–H and O–H groups in total. The number of anilines is 1. The summed E-state index contributed by atoms with van der Waals surface area (Å²) < 4.78 is 10.6. The zero-order valence-electron chi connectivity index (χ0n) is 9.96. The Balaban J connectivity index is 2.16. The van der Waals surface area contributed by atoms with Gasteiger partial charge in [-0.1, -0.05) is 0 Å². The molecular weight excluding hydrogens is 204 g/mol. The molecule has 0 aromatic heterocycles. The van der Waals surface area contributed by atoms with E-state index < -0.39 is 0 Å². The lowest BCUT2D eigenvalue weighted by Gasteiger charge is -2.20. The van der Waals surface area contributed by atoms with Crippen molar-refractivity contribution in [3.63, 3.8) is 0 Å². The molecule has 1 aliphatic rings. The zero-order chi connectivity index (χ0) is 11.8. The molecule has 88 valence electrons. The van der Waals surface area contributed by atoms with Gasteiger partial charge in [-0.2, -0.15) is 0 Å². The molecule has 4 nitrogen and oxygen atoms in total. The van der Waals surface area contributed by atoms with E-state index in [-0.39, 0.29) is 5.54 Å². The van der Waals surface area contributed by atoms with Gasteiger partial charge in [0.25, 0.3) is 0 Å². The van der Waals surface area contributed by atoms with Crippen molar-refractivity contribution in [1.29, 1.82) is 0 Å². The van der Waals surface area contributed by atoms with Crippen molar-refractivity contribution in [3.05, 3.63) is 17.7 Å². The average molecular weight is 222 g/mol. The van der Waals surface area contributed by atoms with Crippen LogP contribution in [-0.2, 0) is 0 Å². The van der Waals surface area contributed by atoms with Crippen LogP contribution in [0.1, 0.15) is 19.4 Å². The first kappa shape index (κ1) is 11.1. The summed E-state index contributed by atoms with van der Waals surface area (Å²) in [5.41, 5.74) is 7.87. The SMILES string of the molecule is Cc1cc2c(cc1NCC(C)(C)N)OCO2. The Hall–Kier alpha value is -1.42. The van der Waals surface area contributed by atoms with Gasteiger partial charge in [-0.05, 0) is 32.4 Å². The molecule has 1 aromatic rings. The topological polar surface area (TPSA) is 56.5 Å². The first-order valence-electron chi connectivity index (χ1n) is 5.39. The molecule has 0 amide bonds. The van der Waals surface area contributed by atoms with E-state index in [1.54, 1.807) is 0 Å². The summed E-state index contributed by atoms with van der Waals surface area (Å²) in [4.78, 5) is 0. The monoisotopic (exact) mass is 222 g/mol. The Bertz CT molecular complexity index is 397. The maximum atomic E-state index is 5.93. The number of nitrogens with two attached hydrogens (primary N) is 1. The van der Waals surface area contributed by atoms with Gasteiger partial charge in [0.05, 0.1) is 0 Å². The Morgan fingerprint density at radius 1 is 1.31 bits per heavy atom. The second-order valence-electron chi connectivity index (χ2n) is 4.86. The highest BCUT2D eigenvalue weighted by Crippen LogP contribution is 2.36. The van der Waals surface area contributed by atoms with Gasteiger partial charge in [-0.3, -0.25) is 0 Å². The summed E-state index contributed by atoms with van der Waals surface area (Å²) in [6.45, 7) is 7.03. The van der Waals surface area contributed by atoms with E-state index in [2.05, 4.69) is 5.32 Å². The summed E-state index contributed by atoms with van der Waals surface area (Å²) in [5, 5.41) is 3.32. The molecule has 0 atom stereocenters. The lowest BCUT2D eigenvalue weighted by atomic mass is 10.1. The summed E-state index contributed by atoms with van der Waals surface area (Å²) in [6, 6.07) is 3.94. The van der Waals surface area contributed by atoms with Crippen LogP contribution in [-0.4, -0.2) is 18.9 Å². The normalized spacial score (nSPS) is 14.0. The van der Waals surface area contributed by atoms with E-state index in [0.29, 0.717) is 13.3 Å². The van der Waals surface area contributed by atoms with Gasteiger partial charge >= 0.3 is 0 Å². The third-order valence-corrected chi connectivity index (χ3v) is 2.45. The summed E-state index contributed by atoms with van der Waals surface area (Å²) in [5.74, 6) is 1.61. The van der Waals surface area contributed by atoms with Crippen LogP contribution in [0.2, 0.25) is 0 Å². The van der Waals surface area contributed by atoms with Gasteiger partial charge in [0.1, 0.15) is 0 Å². The molecule has 1 aromatic carbocycles. The van der Waals surface area contributed by atoms with Crippen LogP contribution in [0.15, 0.2) is 12.1 Å². The summed E-state index contributed by atoms with van der Waals surface area (Å²) >= 11 is 0.